The molecule has 0 bridgehead atoms. The number of aryl methyl sites for hydroxylation is 2. The summed E-state index contributed by atoms with van der Waals surface area (Å²) in [6.07, 6.45) is 0.924. The van der Waals surface area contributed by atoms with Crippen LogP contribution in [0, 0.1) is 25.1 Å². The number of amides is 2. The average Bonchev–Trinajstić information content (AvgIpc) is 3.30. The van der Waals surface area contributed by atoms with Crippen LogP contribution in [0.3, 0.4) is 0 Å². The van der Waals surface area contributed by atoms with E-state index >= 15 is 0 Å². The Labute approximate surface area is 140 Å². The first kappa shape index (κ1) is 16.2. The molecule has 0 aliphatic heterocycles. The third kappa shape index (κ3) is 3.15. The summed E-state index contributed by atoms with van der Waals surface area (Å²) in [5.74, 6) is -1.33. The molecule has 0 spiro atoms. The molecule has 0 unspecified atom stereocenters. The van der Waals surface area contributed by atoms with Gasteiger partial charge in [-0.3, -0.25) is 9.59 Å². The van der Waals surface area contributed by atoms with Crippen LogP contribution in [-0.4, -0.2) is 11.8 Å². The van der Waals surface area contributed by atoms with E-state index in [1.165, 1.54) is 12.1 Å². The Balaban J connectivity index is 1.74. The zero-order chi connectivity index (χ0) is 17.3. The fourth-order valence-corrected chi connectivity index (χ4v) is 2.78. The van der Waals surface area contributed by atoms with Crippen LogP contribution < -0.4 is 10.6 Å². The maximum Gasteiger partial charge on any atom is 0.240 e. The smallest absolute Gasteiger partial charge is 0.240 e. The molecule has 2 N–H and O–H groups in total. The highest BCUT2D eigenvalue weighted by Gasteiger charge is 2.56. The van der Waals surface area contributed by atoms with E-state index in [2.05, 4.69) is 10.6 Å². The molecule has 24 heavy (non-hydrogen) atoms. The van der Waals surface area contributed by atoms with Gasteiger partial charge in [0.1, 0.15) is 11.2 Å². The van der Waals surface area contributed by atoms with Crippen molar-refractivity contribution in [1.82, 2.24) is 0 Å². The van der Waals surface area contributed by atoms with E-state index < -0.39 is 17.1 Å². The molecule has 2 amide bonds. The Kier molecular flexibility index (Phi) is 4.09. The molecule has 4 nitrogen and oxygen atoms in total. The quantitative estimate of drug-likeness (QED) is 0.840. The molecular weight excluding hydrogens is 307 g/mol. The minimum Gasteiger partial charge on any atom is -0.325 e. The van der Waals surface area contributed by atoms with Gasteiger partial charge in [-0.15, -0.1) is 0 Å². The maximum atomic E-state index is 13.7. The molecule has 0 atom stereocenters. The van der Waals surface area contributed by atoms with E-state index in [1.54, 1.807) is 12.1 Å². The van der Waals surface area contributed by atoms with Crippen LogP contribution in [-0.2, 0) is 9.59 Å². The van der Waals surface area contributed by atoms with Gasteiger partial charge < -0.3 is 10.6 Å². The van der Waals surface area contributed by atoms with E-state index in [1.807, 2.05) is 32.0 Å². The number of para-hydroxylation sites is 1. The molecule has 5 heteroatoms. The van der Waals surface area contributed by atoms with Crippen LogP contribution in [0.25, 0.3) is 0 Å². The standard InChI is InChI=1S/C19H19FN2O2/c1-12-9-13(2)11-14(10-12)21-17(23)19(7-8-19)18(24)22-16-6-4-3-5-15(16)20/h3-6,9-11H,7-8H2,1-2H3,(H,21,23)(H,22,24). The highest BCUT2D eigenvalue weighted by Crippen LogP contribution is 2.47. The summed E-state index contributed by atoms with van der Waals surface area (Å²) in [5.41, 5.74) is 1.72. The van der Waals surface area contributed by atoms with Crippen LogP contribution in [0.4, 0.5) is 15.8 Å². The van der Waals surface area contributed by atoms with E-state index in [9.17, 15) is 14.0 Å². The number of rotatable bonds is 4. The Morgan fingerprint density at radius 3 is 2.12 bits per heavy atom. The van der Waals surface area contributed by atoms with Gasteiger partial charge in [-0.1, -0.05) is 18.2 Å². The number of hydrogen-bond acceptors (Lipinski definition) is 2. The molecule has 1 aliphatic carbocycles. The zero-order valence-electron chi connectivity index (χ0n) is 13.7. The second-order valence-electron chi connectivity index (χ2n) is 6.35. The lowest BCUT2D eigenvalue weighted by Gasteiger charge is -2.16. The molecule has 124 valence electrons. The lowest BCUT2D eigenvalue weighted by Crippen LogP contribution is -2.35. The lowest BCUT2D eigenvalue weighted by molar-refractivity contribution is -0.131. The molecule has 0 aromatic heterocycles. The van der Waals surface area contributed by atoms with Gasteiger partial charge in [-0.25, -0.2) is 4.39 Å². The van der Waals surface area contributed by atoms with E-state index in [4.69, 9.17) is 0 Å². The number of halogens is 1. The third-order valence-electron chi connectivity index (χ3n) is 4.22. The SMILES string of the molecule is Cc1cc(C)cc(NC(=O)C2(C(=O)Nc3ccccc3F)CC2)c1. The number of benzene rings is 2. The predicted octanol–water partition coefficient (Wildman–Crippen LogP) is 3.80. The third-order valence-corrected chi connectivity index (χ3v) is 4.22. The minimum atomic E-state index is -1.11. The van der Waals surface area contributed by atoms with Crippen LogP contribution in [0.1, 0.15) is 24.0 Å². The molecule has 0 heterocycles. The lowest BCUT2D eigenvalue weighted by atomic mass is 10.0. The van der Waals surface area contributed by atoms with Crippen molar-refractivity contribution in [1.29, 1.82) is 0 Å². The van der Waals surface area contributed by atoms with Gasteiger partial charge >= 0.3 is 0 Å². The second-order valence-corrected chi connectivity index (χ2v) is 6.35. The van der Waals surface area contributed by atoms with Crippen molar-refractivity contribution in [3.05, 3.63) is 59.4 Å². The van der Waals surface area contributed by atoms with Gasteiger partial charge in [0.25, 0.3) is 0 Å². The van der Waals surface area contributed by atoms with Crippen LogP contribution in [0.2, 0.25) is 0 Å². The van der Waals surface area contributed by atoms with Crippen molar-refractivity contribution >= 4 is 23.2 Å². The second kappa shape index (κ2) is 6.07. The first-order valence-corrected chi connectivity index (χ1v) is 7.86. The fourth-order valence-electron chi connectivity index (χ4n) is 2.78. The highest BCUT2D eigenvalue weighted by molar-refractivity contribution is 6.16. The van der Waals surface area contributed by atoms with Crippen molar-refractivity contribution in [2.24, 2.45) is 5.41 Å². The summed E-state index contributed by atoms with van der Waals surface area (Å²) in [7, 11) is 0. The Morgan fingerprint density at radius 2 is 1.54 bits per heavy atom. The van der Waals surface area contributed by atoms with Crippen molar-refractivity contribution < 1.29 is 14.0 Å². The number of anilines is 2. The molecule has 0 saturated heterocycles. The number of carbonyl (C=O) groups is 2. The molecule has 2 aromatic carbocycles. The molecule has 0 radical (unpaired) electrons. The van der Waals surface area contributed by atoms with E-state index in [0.717, 1.165) is 11.1 Å². The van der Waals surface area contributed by atoms with Crippen molar-refractivity contribution in [3.8, 4) is 0 Å². The van der Waals surface area contributed by atoms with Crippen LogP contribution >= 0.6 is 0 Å². The molecule has 1 saturated carbocycles. The molecular formula is C19H19FN2O2. The number of hydrogen-bond donors (Lipinski definition) is 2. The van der Waals surface area contributed by atoms with Gasteiger partial charge in [0.05, 0.1) is 5.69 Å². The molecule has 2 aromatic rings. The van der Waals surface area contributed by atoms with Crippen LogP contribution in [0.5, 0.6) is 0 Å². The molecule has 1 fully saturated rings. The normalized spacial score (nSPS) is 14.8. The summed E-state index contributed by atoms with van der Waals surface area (Å²) in [4.78, 5) is 25.0. The summed E-state index contributed by atoms with van der Waals surface area (Å²) in [5, 5.41) is 5.34. The topological polar surface area (TPSA) is 58.2 Å². The summed E-state index contributed by atoms with van der Waals surface area (Å²) in [6, 6.07) is 11.6. The number of carbonyl (C=O) groups excluding carboxylic acids is 2. The summed E-state index contributed by atoms with van der Waals surface area (Å²) < 4.78 is 13.7. The van der Waals surface area contributed by atoms with Crippen molar-refractivity contribution in [3.63, 3.8) is 0 Å². The van der Waals surface area contributed by atoms with Crippen molar-refractivity contribution in [2.45, 2.75) is 26.7 Å². The fraction of sp³-hybridized carbons (Fsp3) is 0.263. The minimum absolute atomic E-state index is 0.0907. The first-order chi connectivity index (χ1) is 11.4. The summed E-state index contributed by atoms with van der Waals surface area (Å²) in [6.45, 7) is 3.89. The molecule has 1 aliphatic rings. The van der Waals surface area contributed by atoms with E-state index in [0.29, 0.717) is 18.5 Å². The summed E-state index contributed by atoms with van der Waals surface area (Å²) >= 11 is 0. The Morgan fingerprint density at radius 1 is 0.958 bits per heavy atom. The van der Waals surface area contributed by atoms with Gasteiger partial charge in [0.15, 0.2) is 0 Å². The predicted molar refractivity (Wildman–Crippen MR) is 91.2 cm³/mol. The zero-order valence-corrected chi connectivity index (χ0v) is 13.7. The molecule has 3 rings (SSSR count). The maximum absolute atomic E-state index is 13.7. The van der Waals surface area contributed by atoms with Gasteiger partial charge in [0.2, 0.25) is 11.8 Å². The van der Waals surface area contributed by atoms with Crippen molar-refractivity contribution in [2.75, 3.05) is 10.6 Å². The van der Waals surface area contributed by atoms with Crippen LogP contribution in [0.15, 0.2) is 42.5 Å². The highest BCUT2D eigenvalue weighted by atomic mass is 19.1. The van der Waals surface area contributed by atoms with Gasteiger partial charge in [-0.2, -0.15) is 0 Å². The van der Waals surface area contributed by atoms with Gasteiger partial charge in [-0.05, 0) is 62.1 Å². The monoisotopic (exact) mass is 326 g/mol. The average molecular weight is 326 g/mol. The first-order valence-electron chi connectivity index (χ1n) is 7.86. The largest absolute Gasteiger partial charge is 0.325 e. The Hall–Kier alpha value is -2.69. The van der Waals surface area contributed by atoms with Gasteiger partial charge in [0, 0.05) is 5.69 Å². The number of nitrogens with one attached hydrogen (secondary N) is 2. The van der Waals surface area contributed by atoms with E-state index in [-0.39, 0.29) is 11.6 Å². The Bertz CT molecular complexity index is 793.